The fourth-order valence-electron chi connectivity index (χ4n) is 2.90. The second kappa shape index (κ2) is 9.94. The molecule has 0 saturated heterocycles. The molecular weight excluding hydrogens is 363 g/mol. The smallest absolute Gasteiger partial charge is 0.422 e. The van der Waals surface area contributed by atoms with E-state index in [2.05, 4.69) is 21.9 Å². The largest absolute Gasteiger partial charge is 0.484 e. The molecule has 1 aromatic carbocycles. The maximum Gasteiger partial charge on any atom is 0.422 e. The summed E-state index contributed by atoms with van der Waals surface area (Å²) in [5.41, 5.74) is 0.627. The van der Waals surface area contributed by atoms with Gasteiger partial charge in [-0.1, -0.05) is 18.2 Å². The van der Waals surface area contributed by atoms with Crippen molar-refractivity contribution in [3.63, 3.8) is 0 Å². The van der Waals surface area contributed by atoms with Crippen molar-refractivity contribution in [2.45, 2.75) is 50.2 Å². The zero-order valence-electron chi connectivity index (χ0n) is 15.1. The van der Waals surface area contributed by atoms with Crippen molar-refractivity contribution in [2.24, 2.45) is 4.99 Å². The molecule has 1 aromatic rings. The molecule has 0 heterocycles. The number of benzene rings is 1. The number of thioether (sulfide) groups is 1. The van der Waals surface area contributed by atoms with Crippen LogP contribution < -0.4 is 15.4 Å². The molecule has 0 amide bonds. The molecule has 0 aliphatic heterocycles. The molecule has 146 valence electrons. The molecule has 1 aliphatic carbocycles. The Morgan fingerprint density at radius 2 is 2.08 bits per heavy atom. The molecule has 2 atom stereocenters. The number of aliphatic imine (C=N–C) groups is 1. The van der Waals surface area contributed by atoms with Crippen LogP contribution in [0.25, 0.3) is 0 Å². The minimum absolute atomic E-state index is 0.215. The van der Waals surface area contributed by atoms with Gasteiger partial charge in [0.2, 0.25) is 0 Å². The van der Waals surface area contributed by atoms with Crippen LogP contribution in [-0.2, 0) is 6.54 Å². The van der Waals surface area contributed by atoms with Crippen LogP contribution >= 0.6 is 11.8 Å². The number of hydrogen-bond acceptors (Lipinski definition) is 3. The maximum absolute atomic E-state index is 12.4. The van der Waals surface area contributed by atoms with Crippen LogP contribution in [0.5, 0.6) is 5.75 Å². The van der Waals surface area contributed by atoms with Gasteiger partial charge in [0, 0.05) is 23.4 Å². The average molecular weight is 389 g/mol. The Balaban J connectivity index is 2.00. The van der Waals surface area contributed by atoms with E-state index in [-0.39, 0.29) is 12.3 Å². The molecule has 0 bridgehead atoms. The van der Waals surface area contributed by atoms with Crippen molar-refractivity contribution in [1.82, 2.24) is 10.6 Å². The second-order valence-corrected chi connectivity index (χ2v) is 7.36. The molecule has 2 N–H and O–H groups in total. The van der Waals surface area contributed by atoms with Gasteiger partial charge in [0.05, 0.1) is 6.54 Å². The third kappa shape index (κ3) is 6.97. The Hall–Kier alpha value is -1.57. The highest BCUT2D eigenvalue weighted by molar-refractivity contribution is 7.99. The summed E-state index contributed by atoms with van der Waals surface area (Å²) < 4.78 is 42.1. The van der Waals surface area contributed by atoms with E-state index in [1.807, 2.05) is 18.7 Å². The molecule has 0 spiro atoms. The highest BCUT2D eigenvalue weighted by Gasteiger charge is 2.29. The van der Waals surface area contributed by atoms with E-state index in [4.69, 9.17) is 4.74 Å². The van der Waals surface area contributed by atoms with Gasteiger partial charge in [0.15, 0.2) is 12.6 Å². The lowest BCUT2D eigenvalue weighted by molar-refractivity contribution is -0.153. The summed E-state index contributed by atoms with van der Waals surface area (Å²) in [7, 11) is 0. The maximum atomic E-state index is 12.4. The van der Waals surface area contributed by atoms with Gasteiger partial charge in [0.25, 0.3) is 0 Å². The number of ether oxygens (including phenoxy) is 1. The Labute approximate surface area is 157 Å². The Bertz CT molecular complexity index is 595. The lowest BCUT2D eigenvalue weighted by Crippen LogP contribution is -2.42. The van der Waals surface area contributed by atoms with Crippen LogP contribution in [0, 0.1) is 0 Å². The normalized spacial score (nSPS) is 20.9. The van der Waals surface area contributed by atoms with E-state index >= 15 is 0 Å². The van der Waals surface area contributed by atoms with Crippen molar-refractivity contribution in [3.05, 3.63) is 29.8 Å². The molecule has 1 aliphatic rings. The van der Waals surface area contributed by atoms with Gasteiger partial charge in [0.1, 0.15) is 5.75 Å². The van der Waals surface area contributed by atoms with Crippen LogP contribution in [0.15, 0.2) is 29.3 Å². The van der Waals surface area contributed by atoms with Crippen LogP contribution in [0.2, 0.25) is 0 Å². The SMILES string of the molecule is CCNC(=NCc1ccccc1OCC(F)(F)F)NC1CCC(SC)C1. The van der Waals surface area contributed by atoms with Crippen molar-refractivity contribution in [3.8, 4) is 5.75 Å². The van der Waals surface area contributed by atoms with Gasteiger partial charge >= 0.3 is 6.18 Å². The zero-order valence-corrected chi connectivity index (χ0v) is 15.9. The fraction of sp³-hybridized carbons (Fsp3) is 0.611. The minimum Gasteiger partial charge on any atom is -0.484 e. The van der Waals surface area contributed by atoms with Gasteiger partial charge in [-0.05, 0) is 38.5 Å². The highest BCUT2D eigenvalue weighted by Crippen LogP contribution is 2.28. The van der Waals surface area contributed by atoms with Crippen LogP contribution in [-0.4, -0.2) is 42.8 Å². The first kappa shape index (κ1) is 20.7. The summed E-state index contributed by atoms with van der Waals surface area (Å²) in [4.78, 5) is 4.53. The number of nitrogens with zero attached hydrogens (tertiary/aromatic N) is 1. The van der Waals surface area contributed by atoms with E-state index in [1.54, 1.807) is 18.2 Å². The van der Waals surface area contributed by atoms with Crippen molar-refractivity contribution < 1.29 is 17.9 Å². The number of hydrogen-bond donors (Lipinski definition) is 2. The van der Waals surface area contributed by atoms with Crippen LogP contribution in [0.4, 0.5) is 13.2 Å². The van der Waals surface area contributed by atoms with Crippen molar-refractivity contribution in [1.29, 1.82) is 0 Å². The number of alkyl halides is 3. The molecule has 0 radical (unpaired) electrons. The van der Waals surface area contributed by atoms with Gasteiger partial charge in [-0.3, -0.25) is 0 Å². The highest BCUT2D eigenvalue weighted by atomic mass is 32.2. The lowest BCUT2D eigenvalue weighted by atomic mass is 10.2. The van der Waals surface area contributed by atoms with E-state index in [0.717, 1.165) is 19.4 Å². The third-order valence-electron chi connectivity index (χ3n) is 4.17. The summed E-state index contributed by atoms with van der Waals surface area (Å²) in [6.45, 7) is 1.65. The fourth-order valence-corrected chi connectivity index (χ4v) is 3.69. The molecule has 4 nitrogen and oxygen atoms in total. The number of halogens is 3. The molecule has 26 heavy (non-hydrogen) atoms. The standard InChI is InChI=1S/C18H26F3N3OS/c1-3-22-17(24-14-8-9-15(10-14)26-2)23-11-13-6-4-5-7-16(13)25-12-18(19,20)21/h4-7,14-15H,3,8-12H2,1-2H3,(H2,22,23,24). The van der Waals surface area contributed by atoms with Crippen LogP contribution in [0.1, 0.15) is 31.7 Å². The van der Waals surface area contributed by atoms with E-state index in [9.17, 15) is 13.2 Å². The Kier molecular flexibility index (Phi) is 7.93. The number of guanidine groups is 1. The zero-order chi connectivity index (χ0) is 19.0. The summed E-state index contributed by atoms with van der Waals surface area (Å²) in [6, 6.07) is 7.08. The van der Waals surface area contributed by atoms with Crippen molar-refractivity contribution >= 4 is 17.7 Å². The number of para-hydroxylation sites is 1. The first-order chi connectivity index (χ1) is 12.4. The Morgan fingerprint density at radius 3 is 2.73 bits per heavy atom. The molecule has 2 unspecified atom stereocenters. The summed E-state index contributed by atoms with van der Waals surface area (Å²) in [5.74, 6) is 0.901. The second-order valence-electron chi connectivity index (χ2n) is 6.22. The van der Waals surface area contributed by atoms with E-state index in [0.29, 0.717) is 22.8 Å². The van der Waals surface area contributed by atoms with E-state index < -0.39 is 12.8 Å². The van der Waals surface area contributed by atoms with Gasteiger partial charge < -0.3 is 15.4 Å². The van der Waals surface area contributed by atoms with Gasteiger partial charge in [-0.2, -0.15) is 24.9 Å². The van der Waals surface area contributed by atoms with Crippen molar-refractivity contribution in [2.75, 3.05) is 19.4 Å². The molecule has 1 saturated carbocycles. The van der Waals surface area contributed by atoms with Crippen LogP contribution in [0.3, 0.4) is 0 Å². The summed E-state index contributed by atoms with van der Waals surface area (Å²) in [6.07, 6.45) is 1.15. The first-order valence-corrected chi connectivity index (χ1v) is 10.0. The number of rotatable bonds is 7. The van der Waals surface area contributed by atoms with Gasteiger partial charge in [-0.25, -0.2) is 4.99 Å². The predicted octanol–water partition coefficient (Wildman–Crippen LogP) is 3.97. The molecule has 0 aromatic heterocycles. The molecule has 1 fully saturated rings. The number of nitrogens with one attached hydrogen (secondary N) is 2. The molecule has 2 rings (SSSR count). The summed E-state index contributed by atoms with van der Waals surface area (Å²) in [5, 5.41) is 7.30. The average Bonchev–Trinajstić information content (AvgIpc) is 3.06. The third-order valence-corrected chi connectivity index (χ3v) is 5.27. The monoisotopic (exact) mass is 389 g/mol. The quantitative estimate of drug-likeness (QED) is 0.547. The van der Waals surface area contributed by atoms with Gasteiger partial charge in [-0.15, -0.1) is 0 Å². The van der Waals surface area contributed by atoms with E-state index in [1.165, 1.54) is 12.5 Å². The first-order valence-electron chi connectivity index (χ1n) is 8.76. The molecule has 8 heteroatoms. The Morgan fingerprint density at radius 1 is 1.31 bits per heavy atom. The summed E-state index contributed by atoms with van der Waals surface area (Å²) >= 11 is 1.89. The minimum atomic E-state index is -4.36. The topological polar surface area (TPSA) is 45.7 Å². The molecular formula is C18H26F3N3OS. The predicted molar refractivity (Wildman–Crippen MR) is 101 cm³/mol. The lowest BCUT2D eigenvalue weighted by Gasteiger charge is -2.17.